The highest BCUT2D eigenvalue weighted by molar-refractivity contribution is 7.17. The number of amides is 2. The summed E-state index contributed by atoms with van der Waals surface area (Å²) in [7, 11) is 0. The Kier molecular flexibility index (Phi) is 5.75. The van der Waals surface area contributed by atoms with Gasteiger partial charge in [-0.2, -0.15) is 0 Å². The number of carbonyl (C=O) groups excluding carboxylic acids is 2. The average Bonchev–Trinajstić information content (AvgIpc) is 2.95. The van der Waals surface area contributed by atoms with Crippen LogP contribution in [0.3, 0.4) is 0 Å². The monoisotopic (exact) mass is 412 g/mol. The standard InChI is InChI=1S/C18H18Cl2N2O3S/c1-9(25-13-7-6-10(19)8-12(13)20)17(24)22-18-15(16(21)23)11-4-2-3-5-14(11)26-18/h6-9H,2-5H2,1H3,(H2,21,23)(H,22,24)/t9-/m1/s1. The average molecular weight is 413 g/mol. The van der Waals surface area contributed by atoms with Crippen LogP contribution in [0.4, 0.5) is 5.00 Å². The summed E-state index contributed by atoms with van der Waals surface area (Å²) in [5.74, 6) is -0.537. The molecule has 0 saturated heterocycles. The molecule has 3 rings (SSSR count). The van der Waals surface area contributed by atoms with Crippen molar-refractivity contribution in [2.75, 3.05) is 5.32 Å². The van der Waals surface area contributed by atoms with Gasteiger partial charge in [0.25, 0.3) is 11.8 Å². The lowest BCUT2D eigenvalue weighted by atomic mass is 9.95. The number of thiophene rings is 1. The zero-order valence-corrected chi connectivity index (χ0v) is 16.4. The van der Waals surface area contributed by atoms with E-state index in [0.29, 0.717) is 26.4 Å². The van der Waals surface area contributed by atoms with Crippen LogP contribution < -0.4 is 15.8 Å². The van der Waals surface area contributed by atoms with Crippen LogP contribution in [-0.4, -0.2) is 17.9 Å². The lowest BCUT2D eigenvalue weighted by Gasteiger charge is -2.15. The fraction of sp³-hybridized carbons (Fsp3) is 0.333. The molecule has 1 aliphatic rings. The Morgan fingerprint density at radius 2 is 2.00 bits per heavy atom. The van der Waals surface area contributed by atoms with Gasteiger partial charge in [-0.25, -0.2) is 0 Å². The van der Waals surface area contributed by atoms with Crippen molar-refractivity contribution in [1.82, 2.24) is 0 Å². The summed E-state index contributed by atoms with van der Waals surface area (Å²) in [6.45, 7) is 1.61. The van der Waals surface area contributed by atoms with E-state index in [1.807, 2.05) is 0 Å². The van der Waals surface area contributed by atoms with E-state index in [2.05, 4.69) is 5.32 Å². The van der Waals surface area contributed by atoms with Crippen molar-refractivity contribution in [3.8, 4) is 5.75 Å². The molecule has 1 aliphatic carbocycles. The van der Waals surface area contributed by atoms with Gasteiger partial charge in [0.05, 0.1) is 10.6 Å². The number of halogens is 2. The fourth-order valence-corrected chi connectivity index (χ4v) is 4.69. The van der Waals surface area contributed by atoms with Gasteiger partial charge in [0.2, 0.25) is 0 Å². The molecule has 0 bridgehead atoms. The molecule has 1 atom stereocenters. The van der Waals surface area contributed by atoms with Gasteiger partial charge < -0.3 is 15.8 Å². The minimum absolute atomic E-state index is 0.321. The SMILES string of the molecule is C[C@@H](Oc1ccc(Cl)cc1Cl)C(=O)Nc1sc2c(c1C(N)=O)CCCC2. The number of benzene rings is 1. The molecule has 0 fully saturated rings. The van der Waals surface area contributed by atoms with Crippen molar-refractivity contribution in [2.24, 2.45) is 5.73 Å². The summed E-state index contributed by atoms with van der Waals surface area (Å²) < 4.78 is 5.62. The van der Waals surface area contributed by atoms with E-state index in [1.165, 1.54) is 11.3 Å². The maximum atomic E-state index is 12.5. The highest BCUT2D eigenvalue weighted by atomic mass is 35.5. The third-order valence-corrected chi connectivity index (χ3v) is 5.96. The van der Waals surface area contributed by atoms with Gasteiger partial charge in [0, 0.05) is 9.90 Å². The quantitative estimate of drug-likeness (QED) is 0.761. The van der Waals surface area contributed by atoms with Crippen LogP contribution >= 0.6 is 34.5 Å². The maximum Gasteiger partial charge on any atom is 0.265 e. The van der Waals surface area contributed by atoms with Gasteiger partial charge in [0.15, 0.2) is 6.10 Å². The third kappa shape index (κ3) is 3.98. The second-order valence-corrected chi connectivity index (χ2v) is 8.05. The number of hydrogen-bond donors (Lipinski definition) is 2. The van der Waals surface area contributed by atoms with Gasteiger partial charge in [-0.3, -0.25) is 9.59 Å². The Bertz CT molecular complexity index is 866. The van der Waals surface area contributed by atoms with Gasteiger partial charge in [0.1, 0.15) is 10.8 Å². The summed E-state index contributed by atoms with van der Waals surface area (Å²) in [5, 5.41) is 4.08. The summed E-state index contributed by atoms with van der Waals surface area (Å²) in [6, 6.07) is 4.78. The number of hydrogen-bond acceptors (Lipinski definition) is 4. The second kappa shape index (κ2) is 7.86. The van der Waals surface area contributed by atoms with E-state index in [0.717, 1.165) is 36.1 Å². The summed E-state index contributed by atoms with van der Waals surface area (Å²) in [4.78, 5) is 25.5. The molecule has 3 N–H and O–H groups in total. The lowest BCUT2D eigenvalue weighted by Crippen LogP contribution is -2.30. The first-order chi connectivity index (χ1) is 12.4. The van der Waals surface area contributed by atoms with E-state index in [4.69, 9.17) is 33.7 Å². The Morgan fingerprint density at radius 1 is 1.27 bits per heavy atom. The van der Waals surface area contributed by atoms with E-state index in [-0.39, 0.29) is 5.91 Å². The molecule has 8 heteroatoms. The Labute approximate surface area is 165 Å². The lowest BCUT2D eigenvalue weighted by molar-refractivity contribution is -0.122. The first-order valence-corrected chi connectivity index (χ1v) is 9.81. The van der Waals surface area contributed by atoms with Crippen LogP contribution in [0.1, 0.15) is 40.6 Å². The first kappa shape index (κ1) is 19.0. The number of aryl methyl sites for hydroxylation is 1. The topological polar surface area (TPSA) is 81.4 Å². The highest BCUT2D eigenvalue weighted by Gasteiger charge is 2.26. The number of nitrogens with one attached hydrogen (secondary N) is 1. The Morgan fingerprint density at radius 3 is 2.69 bits per heavy atom. The number of primary amides is 1. The normalized spacial score (nSPS) is 14.4. The van der Waals surface area contributed by atoms with Crippen molar-refractivity contribution < 1.29 is 14.3 Å². The van der Waals surface area contributed by atoms with E-state index < -0.39 is 12.0 Å². The molecule has 1 heterocycles. The van der Waals surface area contributed by atoms with Crippen LogP contribution in [0.2, 0.25) is 10.0 Å². The molecule has 0 aliphatic heterocycles. The number of ether oxygens (including phenoxy) is 1. The number of anilines is 1. The minimum Gasteiger partial charge on any atom is -0.479 e. The molecule has 1 aromatic heterocycles. The van der Waals surface area contributed by atoms with Gasteiger partial charge >= 0.3 is 0 Å². The Hall–Kier alpha value is -1.76. The molecule has 0 saturated carbocycles. The van der Waals surface area contributed by atoms with Crippen LogP contribution in [0.5, 0.6) is 5.75 Å². The van der Waals surface area contributed by atoms with E-state index in [9.17, 15) is 9.59 Å². The molecule has 138 valence electrons. The minimum atomic E-state index is -0.812. The van der Waals surface area contributed by atoms with Crippen molar-refractivity contribution in [2.45, 2.75) is 38.7 Å². The van der Waals surface area contributed by atoms with Gasteiger partial charge in [-0.1, -0.05) is 23.2 Å². The number of nitrogens with two attached hydrogens (primary N) is 1. The van der Waals surface area contributed by atoms with Gasteiger partial charge in [-0.05, 0) is 56.4 Å². The predicted octanol–water partition coefficient (Wildman–Crippen LogP) is 4.44. The largest absolute Gasteiger partial charge is 0.479 e. The van der Waals surface area contributed by atoms with Crippen molar-refractivity contribution >= 4 is 51.4 Å². The zero-order chi connectivity index (χ0) is 18.8. The van der Waals surface area contributed by atoms with Crippen molar-refractivity contribution in [3.05, 3.63) is 44.2 Å². The zero-order valence-electron chi connectivity index (χ0n) is 14.1. The maximum absolute atomic E-state index is 12.5. The molecule has 26 heavy (non-hydrogen) atoms. The van der Waals surface area contributed by atoms with Crippen molar-refractivity contribution in [1.29, 1.82) is 0 Å². The first-order valence-electron chi connectivity index (χ1n) is 8.23. The molecule has 0 spiro atoms. The number of carbonyl (C=O) groups is 2. The Balaban J connectivity index is 1.77. The van der Waals surface area contributed by atoms with Gasteiger partial charge in [-0.15, -0.1) is 11.3 Å². The number of fused-ring (bicyclic) bond motifs is 1. The van der Waals surface area contributed by atoms with Crippen LogP contribution in [-0.2, 0) is 17.6 Å². The molecule has 5 nitrogen and oxygen atoms in total. The molecule has 0 unspecified atom stereocenters. The van der Waals surface area contributed by atoms with Crippen LogP contribution in [0, 0.1) is 0 Å². The van der Waals surface area contributed by atoms with E-state index >= 15 is 0 Å². The molecule has 2 amide bonds. The predicted molar refractivity (Wildman–Crippen MR) is 105 cm³/mol. The van der Waals surface area contributed by atoms with E-state index in [1.54, 1.807) is 25.1 Å². The highest BCUT2D eigenvalue weighted by Crippen LogP contribution is 2.38. The molecular weight excluding hydrogens is 395 g/mol. The molecular formula is C18H18Cl2N2O3S. The smallest absolute Gasteiger partial charge is 0.265 e. The second-order valence-electron chi connectivity index (χ2n) is 6.10. The molecule has 1 aromatic carbocycles. The van der Waals surface area contributed by atoms with Crippen LogP contribution in [0.15, 0.2) is 18.2 Å². The fourth-order valence-electron chi connectivity index (χ4n) is 2.94. The summed E-state index contributed by atoms with van der Waals surface area (Å²) in [6.07, 6.45) is 3.00. The molecule has 2 aromatic rings. The van der Waals surface area contributed by atoms with Crippen molar-refractivity contribution in [3.63, 3.8) is 0 Å². The molecule has 0 radical (unpaired) electrons. The summed E-state index contributed by atoms with van der Waals surface area (Å²) >= 11 is 13.3. The number of rotatable bonds is 5. The third-order valence-electron chi connectivity index (χ3n) is 4.22. The summed E-state index contributed by atoms with van der Waals surface area (Å²) in [5.41, 5.74) is 6.94. The van der Waals surface area contributed by atoms with Crippen LogP contribution in [0.25, 0.3) is 0 Å².